The number of rotatable bonds is 6. The molecule has 1 amide bonds. The maximum absolute atomic E-state index is 11.8. The second kappa shape index (κ2) is 8.77. The Balaban J connectivity index is 0.00000180. The third kappa shape index (κ3) is 5.28. The Hall–Kier alpha value is -0.320. The molecule has 2 N–H and O–H groups in total. The molecule has 19 heavy (non-hydrogen) atoms. The van der Waals surface area contributed by atoms with Crippen molar-refractivity contribution >= 4 is 18.3 Å². The van der Waals surface area contributed by atoms with E-state index in [1.165, 1.54) is 32.1 Å². The Morgan fingerprint density at radius 3 is 2.58 bits per heavy atom. The van der Waals surface area contributed by atoms with E-state index < -0.39 is 0 Å². The number of halogens is 1. The molecule has 4 nitrogen and oxygen atoms in total. The highest BCUT2D eigenvalue weighted by molar-refractivity contribution is 5.85. The lowest BCUT2D eigenvalue weighted by molar-refractivity contribution is -0.127. The number of carbonyl (C=O) groups excluding carboxylic acids is 1. The van der Waals surface area contributed by atoms with Crippen LogP contribution in [0.1, 0.15) is 39.0 Å². The Labute approximate surface area is 122 Å². The van der Waals surface area contributed by atoms with E-state index in [1.54, 1.807) is 0 Å². The zero-order chi connectivity index (χ0) is 12.8. The lowest BCUT2D eigenvalue weighted by Gasteiger charge is -2.31. The van der Waals surface area contributed by atoms with Crippen molar-refractivity contribution in [3.63, 3.8) is 0 Å². The maximum atomic E-state index is 11.8. The van der Waals surface area contributed by atoms with Crippen molar-refractivity contribution < 1.29 is 9.53 Å². The summed E-state index contributed by atoms with van der Waals surface area (Å²) in [5, 5.41) is 6.18. The van der Waals surface area contributed by atoms with Gasteiger partial charge in [-0.2, -0.15) is 0 Å². The van der Waals surface area contributed by atoms with Gasteiger partial charge in [0.1, 0.15) is 0 Å². The van der Waals surface area contributed by atoms with Crippen molar-refractivity contribution in [3.8, 4) is 0 Å². The van der Waals surface area contributed by atoms with Crippen LogP contribution in [0.4, 0.5) is 0 Å². The first kappa shape index (κ1) is 16.7. The average Bonchev–Trinajstić information content (AvgIpc) is 2.33. The predicted molar refractivity (Wildman–Crippen MR) is 78.6 cm³/mol. The van der Waals surface area contributed by atoms with E-state index in [1.807, 2.05) is 6.92 Å². The molecule has 2 fully saturated rings. The topological polar surface area (TPSA) is 50.4 Å². The van der Waals surface area contributed by atoms with E-state index in [0.29, 0.717) is 25.2 Å². The fourth-order valence-electron chi connectivity index (χ4n) is 2.67. The third-order valence-corrected chi connectivity index (χ3v) is 4.24. The first-order valence-corrected chi connectivity index (χ1v) is 7.37. The van der Waals surface area contributed by atoms with Crippen molar-refractivity contribution in [2.75, 3.05) is 26.2 Å². The van der Waals surface area contributed by atoms with Crippen LogP contribution in [0.3, 0.4) is 0 Å². The molecule has 1 saturated carbocycles. The van der Waals surface area contributed by atoms with E-state index in [-0.39, 0.29) is 24.2 Å². The van der Waals surface area contributed by atoms with Gasteiger partial charge in [0.2, 0.25) is 5.91 Å². The fraction of sp³-hybridized carbons (Fsp3) is 0.929. The minimum absolute atomic E-state index is 0. The van der Waals surface area contributed by atoms with Gasteiger partial charge < -0.3 is 15.4 Å². The van der Waals surface area contributed by atoms with Crippen molar-refractivity contribution in [3.05, 3.63) is 0 Å². The summed E-state index contributed by atoms with van der Waals surface area (Å²) in [5.74, 6) is 0.818. The lowest BCUT2D eigenvalue weighted by Crippen LogP contribution is -2.49. The van der Waals surface area contributed by atoms with Gasteiger partial charge in [0.05, 0.1) is 12.7 Å². The highest BCUT2D eigenvalue weighted by atomic mass is 35.5. The number of carbonyl (C=O) groups is 1. The normalized spacial score (nSPS) is 22.2. The van der Waals surface area contributed by atoms with Gasteiger partial charge in [-0.1, -0.05) is 26.2 Å². The highest BCUT2D eigenvalue weighted by Gasteiger charge is 2.28. The van der Waals surface area contributed by atoms with E-state index >= 15 is 0 Å². The smallest absolute Gasteiger partial charge is 0.223 e. The molecule has 1 atom stereocenters. The van der Waals surface area contributed by atoms with Crippen molar-refractivity contribution in [1.82, 2.24) is 10.6 Å². The summed E-state index contributed by atoms with van der Waals surface area (Å²) in [6.45, 7) is 5.29. The molecule has 2 aliphatic rings. The lowest BCUT2D eigenvalue weighted by atomic mass is 9.88. The van der Waals surface area contributed by atoms with E-state index in [2.05, 4.69) is 10.6 Å². The first-order chi connectivity index (χ1) is 8.77. The molecule has 1 aliphatic carbocycles. The van der Waals surface area contributed by atoms with Gasteiger partial charge in [0.15, 0.2) is 0 Å². The van der Waals surface area contributed by atoms with Gasteiger partial charge in [-0.05, 0) is 31.8 Å². The molecule has 0 bridgehead atoms. The van der Waals surface area contributed by atoms with Crippen LogP contribution in [0.15, 0.2) is 0 Å². The van der Waals surface area contributed by atoms with Crippen LogP contribution < -0.4 is 10.6 Å². The van der Waals surface area contributed by atoms with Gasteiger partial charge in [-0.15, -0.1) is 12.4 Å². The van der Waals surface area contributed by atoms with Crippen LogP contribution in [0.5, 0.6) is 0 Å². The van der Waals surface area contributed by atoms with Crippen LogP contribution in [0.2, 0.25) is 0 Å². The molecular weight excluding hydrogens is 264 g/mol. The Kier molecular flexibility index (Phi) is 7.73. The van der Waals surface area contributed by atoms with Gasteiger partial charge in [0, 0.05) is 12.5 Å². The molecule has 0 spiro atoms. The van der Waals surface area contributed by atoms with Crippen molar-refractivity contribution in [2.24, 2.45) is 11.8 Å². The summed E-state index contributed by atoms with van der Waals surface area (Å²) in [5.41, 5.74) is 0. The van der Waals surface area contributed by atoms with Crippen molar-refractivity contribution in [2.45, 2.75) is 45.1 Å². The minimum atomic E-state index is 0. The van der Waals surface area contributed by atoms with E-state index in [0.717, 1.165) is 13.1 Å². The summed E-state index contributed by atoms with van der Waals surface area (Å²) < 4.78 is 5.79. The molecule has 2 rings (SSSR count). The SMILES string of the molecule is CC(C(=O)NCCOC1CCCCC1)C1CNC1.Cl. The summed E-state index contributed by atoms with van der Waals surface area (Å²) in [4.78, 5) is 11.8. The summed E-state index contributed by atoms with van der Waals surface area (Å²) in [6, 6.07) is 0. The van der Waals surface area contributed by atoms with Gasteiger partial charge in [0.25, 0.3) is 0 Å². The first-order valence-electron chi connectivity index (χ1n) is 7.37. The largest absolute Gasteiger partial charge is 0.376 e. The number of hydrogen-bond donors (Lipinski definition) is 2. The quantitative estimate of drug-likeness (QED) is 0.733. The molecule has 0 radical (unpaired) electrons. The second-order valence-electron chi connectivity index (χ2n) is 5.63. The monoisotopic (exact) mass is 290 g/mol. The summed E-state index contributed by atoms with van der Waals surface area (Å²) in [7, 11) is 0. The summed E-state index contributed by atoms with van der Waals surface area (Å²) in [6.07, 6.45) is 6.76. The van der Waals surface area contributed by atoms with Gasteiger partial charge in [-0.25, -0.2) is 0 Å². The molecule has 1 heterocycles. The van der Waals surface area contributed by atoms with E-state index in [9.17, 15) is 4.79 Å². The van der Waals surface area contributed by atoms with Crippen LogP contribution in [-0.4, -0.2) is 38.3 Å². The van der Waals surface area contributed by atoms with Gasteiger partial charge >= 0.3 is 0 Å². The number of nitrogens with one attached hydrogen (secondary N) is 2. The van der Waals surface area contributed by atoms with E-state index in [4.69, 9.17) is 4.74 Å². The van der Waals surface area contributed by atoms with Crippen molar-refractivity contribution in [1.29, 1.82) is 0 Å². The maximum Gasteiger partial charge on any atom is 0.223 e. The Morgan fingerprint density at radius 1 is 1.32 bits per heavy atom. The zero-order valence-corrected chi connectivity index (χ0v) is 12.6. The molecule has 5 heteroatoms. The summed E-state index contributed by atoms with van der Waals surface area (Å²) >= 11 is 0. The fourth-order valence-corrected chi connectivity index (χ4v) is 2.67. The van der Waals surface area contributed by atoms with Crippen LogP contribution in [-0.2, 0) is 9.53 Å². The molecular formula is C14H27ClN2O2. The molecule has 1 aliphatic heterocycles. The highest BCUT2D eigenvalue weighted by Crippen LogP contribution is 2.20. The van der Waals surface area contributed by atoms with Crippen LogP contribution in [0, 0.1) is 11.8 Å². The molecule has 112 valence electrons. The second-order valence-corrected chi connectivity index (χ2v) is 5.63. The standard InChI is InChI=1S/C14H26N2O2.ClH/c1-11(12-9-15-10-12)14(17)16-7-8-18-13-5-3-2-4-6-13;/h11-13,15H,2-10H2,1H3,(H,16,17);1H. The number of ether oxygens (including phenoxy) is 1. The molecule has 1 saturated heterocycles. The molecule has 0 aromatic heterocycles. The zero-order valence-electron chi connectivity index (χ0n) is 11.8. The van der Waals surface area contributed by atoms with Gasteiger partial charge in [-0.3, -0.25) is 4.79 Å². The molecule has 0 aromatic rings. The van der Waals surface area contributed by atoms with Crippen LogP contribution in [0.25, 0.3) is 0 Å². The average molecular weight is 291 g/mol. The Morgan fingerprint density at radius 2 is 2.00 bits per heavy atom. The van der Waals surface area contributed by atoms with Crippen LogP contribution >= 0.6 is 12.4 Å². The molecule has 1 unspecified atom stereocenters. The Bertz CT molecular complexity index is 266. The number of amides is 1. The third-order valence-electron chi connectivity index (χ3n) is 4.24. The minimum Gasteiger partial charge on any atom is -0.376 e. The predicted octanol–water partition coefficient (Wildman–Crippen LogP) is 1.73. The molecule has 0 aromatic carbocycles. The number of hydrogen-bond acceptors (Lipinski definition) is 3.